The number of aliphatic hydroxyl groups is 3. The molecule has 0 heterocycles. The highest BCUT2D eigenvalue weighted by Crippen LogP contribution is 2.42. The first-order chi connectivity index (χ1) is 6.40. The summed E-state index contributed by atoms with van der Waals surface area (Å²) in [6, 6.07) is 0. The lowest BCUT2D eigenvalue weighted by Gasteiger charge is -2.42. The van der Waals surface area contributed by atoms with Crippen LogP contribution in [0.25, 0.3) is 0 Å². The topological polar surface area (TPSA) is 60.7 Å². The largest absolute Gasteiger partial charge is 0.396 e. The summed E-state index contributed by atoms with van der Waals surface area (Å²) in [5.41, 5.74) is -0.917. The Hall–Kier alpha value is 0.580. The van der Waals surface area contributed by atoms with E-state index in [1.807, 2.05) is 13.8 Å². The maximum absolute atomic E-state index is 9.22. The lowest BCUT2D eigenvalue weighted by molar-refractivity contribution is -0.0364. The molecule has 3 nitrogen and oxygen atoms in total. The van der Waals surface area contributed by atoms with Crippen LogP contribution in [0.15, 0.2) is 0 Å². The van der Waals surface area contributed by atoms with Gasteiger partial charge in [-0.1, -0.05) is 13.8 Å². The van der Waals surface area contributed by atoms with Crippen LogP contribution in [-0.4, -0.2) is 39.2 Å². The summed E-state index contributed by atoms with van der Waals surface area (Å²) in [6.07, 6.45) is 0.683. The van der Waals surface area contributed by atoms with Crippen molar-refractivity contribution in [2.75, 3.05) is 19.8 Å². The van der Waals surface area contributed by atoms with Crippen LogP contribution in [0.4, 0.5) is 0 Å². The summed E-state index contributed by atoms with van der Waals surface area (Å²) in [6.45, 7) is 2.93. The van der Waals surface area contributed by atoms with Crippen molar-refractivity contribution in [1.82, 2.24) is 0 Å². The Balaban J connectivity index is 4.84. The average Bonchev–Trinajstić information content (AvgIpc) is 2.21. The van der Waals surface area contributed by atoms with E-state index < -0.39 is 9.49 Å². The molecule has 0 aromatic heterocycles. The maximum atomic E-state index is 9.22. The zero-order chi connectivity index (χ0) is 11.4. The average molecular weight is 240 g/mol. The van der Waals surface area contributed by atoms with Crippen LogP contribution >= 0.6 is 25.3 Å². The maximum Gasteiger partial charge on any atom is 0.0582 e. The molecule has 0 bridgehead atoms. The Labute approximate surface area is 96.4 Å². The van der Waals surface area contributed by atoms with Crippen LogP contribution in [-0.2, 0) is 0 Å². The molecule has 0 rings (SSSR count). The molecular weight excluding hydrogens is 220 g/mol. The van der Waals surface area contributed by atoms with Crippen LogP contribution in [0.3, 0.4) is 0 Å². The van der Waals surface area contributed by atoms with Crippen molar-refractivity contribution in [1.29, 1.82) is 0 Å². The highest BCUT2D eigenvalue weighted by atomic mass is 32.2. The first kappa shape index (κ1) is 14.6. The van der Waals surface area contributed by atoms with Crippen molar-refractivity contribution in [3.63, 3.8) is 0 Å². The minimum absolute atomic E-state index is 0.202. The van der Waals surface area contributed by atoms with Gasteiger partial charge in [0.05, 0.1) is 23.9 Å². The number of aliphatic hydroxyl groups excluding tert-OH is 3. The highest BCUT2D eigenvalue weighted by molar-refractivity contribution is 8.00. The molecule has 1 unspecified atom stereocenters. The Kier molecular flexibility index (Phi) is 5.84. The molecule has 0 aromatic carbocycles. The van der Waals surface area contributed by atoms with Crippen molar-refractivity contribution < 1.29 is 15.3 Å². The Morgan fingerprint density at radius 2 is 1.43 bits per heavy atom. The molecule has 0 aromatic rings. The van der Waals surface area contributed by atoms with Crippen molar-refractivity contribution in [2.24, 2.45) is 11.3 Å². The third-order valence-electron chi connectivity index (χ3n) is 3.08. The molecule has 3 N–H and O–H groups in total. The quantitative estimate of drug-likeness (QED) is 0.348. The van der Waals surface area contributed by atoms with Crippen molar-refractivity contribution in [3.05, 3.63) is 0 Å². The normalized spacial score (nSPS) is 15.6. The van der Waals surface area contributed by atoms with Gasteiger partial charge in [-0.15, -0.1) is 0 Å². The van der Waals surface area contributed by atoms with Crippen LogP contribution in [0, 0.1) is 11.3 Å². The minimum Gasteiger partial charge on any atom is -0.396 e. The summed E-state index contributed by atoms with van der Waals surface area (Å²) < 4.78 is -0.603. The monoisotopic (exact) mass is 240 g/mol. The molecule has 0 aliphatic carbocycles. The number of hydrogen-bond donors (Lipinski definition) is 5. The molecule has 5 heteroatoms. The number of thiol groups is 2. The predicted octanol–water partition coefficient (Wildman–Crippen LogP) is 0.552. The molecule has 0 aliphatic heterocycles. The van der Waals surface area contributed by atoms with E-state index in [4.69, 9.17) is 0 Å². The Morgan fingerprint density at radius 3 is 1.64 bits per heavy atom. The molecule has 0 radical (unpaired) electrons. The highest BCUT2D eigenvalue weighted by Gasteiger charge is 2.43. The molecule has 14 heavy (non-hydrogen) atoms. The van der Waals surface area contributed by atoms with Crippen LogP contribution < -0.4 is 0 Å². The summed E-state index contributed by atoms with van der Waals surface area (Å²) in [5, 5.41) is 27.7. The van der Waals surface area contributed by atoms with Gasteiger partial charge in [-0.25, -0.2) is 0 Å². The molecular formula is C9H20O3S2. The smallest absolute Gasteiger partial charge is 0.0582 e. The van der Waals surface area contributed by atoms with E-state index in [1.54, 1.807) is 0 Å². The molecule has 1 atom stereocenters. The fourth-order valence-electron chi connectivity index (χ4n) is 1.36. The Morgan fingerprint density at radius 1 is 1.07 bits per heavy atom. The van der Waals surface area contributed by atoms with Crippen molar-refractivity contribution in [2.45, 2.75) is 24.3 Å². The van der Waals surface area contributed by atoms with Crippen molar-refractivity contribution >= 4 is 25.3 Å². The van der Waals surface area contributed by atoms with Gasteiger partial charge in [0.2, 0.25) is 0 Å². The van der Waals surface area contributed by atoms with Gasteiger partial charge in [-0.3, -0.25) is 0 Å². The van der Waals surface area contributed by atoms with Gasteiger partial charge in [0.25, 0.3) is 0 Å². The summed E-state index contributed by atoms with van der Waals surface area (Å²) in [4.78, 5) is 0. The van der Waals surface area contributed by atoms with E-state index in [0.29, 0.717) is 6.42 Å². The van der Waals surface area contributed by atoms with Crippen LogP contribution in [0.5, 0.6) is 0 Å². The third-order valence-corrected chi connectivity index (χ3v) is 4.48. The number of rotatable bonds is 6. The second-order valence-corrected chi connectivity index (χ2v) is 5.74. The predicted molar refractivity (Wildman–Crippen MR) is 63.8 cm³/mol. The first-order valence-electron chi connectivity index (χ1n) is 4.67. The summed E-state index contributed by atoms with van der Waals surface area (Å²) >= 11 is 8.74. The molecule has 0 saturated heterocycles. The summed E-state index contributed by atoms with van der Waals surface area (Å²) in [5.74, 6) is -0.202. The molecule has 0 spiro atoms. The Bertz CT molecular complexity index is 161. The lowest BCUT2D eigenvalue weighted by atomic mass is 9.75. The third kappa shape index (κ3) is 2.79. The van der Waals surface area contributed by atoms with E-state index in [2.05, 4.69) is 25.3 Å². The van der Waals surface area contributed by atoms with Gasteiger partial charge in [0.15, 0.2) is 0 Å². The van der Waals surface area contributed by atoms with Crippen LogP contribution in [0.1, 0.15) is 20.3 Å². The second-order valence-electron chi connectivity index (χ2n) is 3.79. The molecule has 86 valence electrons. The SMILES string of the molecule is CCC(S)(S)C(C)C(CO)(CO)CO. The van der Waals surface area contributed by atoms with E-state index in [-0.39, 0.29) is 25.7 Å². The van der Waals surface area contributed by atoms with Crippen molar-refractivity contribution in [3.8, 4) is 0 Å². The molecule has 0 amide bonds. The van der Waals surface area contributed by atoms with Gasteiger partial charge in [0.1, 0.15) is 0 Å². The standard InChI is InChI=1S/C9H20O3S2/c1-3-9(13,14)7(2)8(4-10,5-11)6-12/h7,10-14H,3-6H2,1-2H3. The zero-order valence-corrected chi connectivity index (χ0v) is 10.4. The first-order valence-corrected chi connectivity index (χ1v) is 5.57. The van der Waals surface area contributed by atoms with E-state index in [9.17, 15) is 15.3 Å². The second kappa shape index (κ2) is 5.61. The van der Waals surface area contributed by atoms with Gasteiger partial charge >= 0.3 is 0 Å². The fraction of sp³-hybridized carbons (Fsp3) is 1.00. The zero-order valence-electron chi connectivity index (χ0n) is 8.64. The van der Waals surface area contributed by atoms with E-state index in [0.717, 1.165) is 0 Å². The lowest BCUT2D eigenvalue weighted by Crippen LogP contribution is -2.47. The van der Waals surface area contributed by atoms with Gasteiger partial charge < -0.3 is 15.3 Å². The van der Waals surface area contributed by atoms with Gasteiger partial charge in [0, 0.05) is 5.41 Å². The van der Waals surface area contributed by atoms with Crippen LogP contribution in [0.2, 0.25) is 0 Å². The molecule has 0 aliphatic rings. The molecule has 0 fully saturated rings. The summed E-state index contributed by atoms with van der Waals surface area (Å²) in [7, 11) is 0. The minimum atomic E-state index is -0.917. The van der Waals surface area contributed by atoms with E-state index in [1.165, 1.54) is 0 Å². The van der Waals surface area contributed by atoms with Gasteiger partial charge in [-0.2, -0.15) is 25.3 Å². The number of hydrogen-bond acceptors (Lipinski definition) is 5. The molecule has 0 saturated carbocycles. The van der Waals surface area contributed by atoms with Gasteiger partial charge in [-0.05, 0) is 12.3 Å². The fourth-order valence-corrected chi connectivity index (χ4v) is 1.91. The van der Waals surface area contributed by atoms with E-state index >= 15 is 0 Å².